The number of hydrogen-bond donors (Lipinski definition) is 1. The molecule has 0 radical (unpaired) electrons. The van der Waals surface area contributed by atoms with Crippen LogP contribution in [0.3, 0.4) is 0 Å². The lowest BCUT2D eigenvalue weighted by molar-refractivity contribution is -0.0144. The van der Waals surface area contributed by atoms with E-state index in [2.05, 4.69) is 24.1 Å². The molecule has 2 rings (SSSR count). The quantitative estimate of drug-likeness (QED) is 0.812. The second kappa shape index (κ2) is 6.72. The number of piperidine rings is 1. The first-order valence-corrected chi connectivity index (χ1v) is 7.37. The highest BCUT2D eigenvalue weighted by molar-refractivity contribution is 4.83. The van der Waals surface area contributed by atoms with Gasteiger partial charge in [0.25, 0.3) is 0 Å². The van der Waals surface area contributed by atoms with Crippen molar-refractivity contribution in [3.05, 3.63) is 0 Å². The van der Waals surface area contributed by atoms with E-state index < -0.39 is 0 Å². The van der Waals surface area contributed by atoms with Crippen LogP contribution in [0.2, 0.25) is 0 Å². The Hall–Kier alpha value is -0.120. The van der Waals surface area contributed by atoms with E-state index in [1.807, 2.05) is 0 Å². The Bertz CT molecular complexity index is 216. The predicted molar refractivity (Wildman–Crippen MR) is 71.3 cm³/mol. The number of nitrogens with one attached hydrogen (secondary N) is 1. The average Bonchev–Trinajstić information content (AvgIpc) is 2.34. The monoisotopic (exact) mass is 240 g/mol. The van der Waals surface area contributed by atoms with Crippen LogP contribution in [0, 0.1) is 5.92 Å². The Kier molecular flexibility index (Phi) is 5.26. The molecule has 2 aliphatic rings. The van der Waals surface area contributed by atoms with Crippen LogP contribution in [-0.2, 0) is 4.74 Å². The van der Waals surface area contributed by atoms with E-state index in [0.717, 1.165) is 31.7 Å². The number of likely N-dealkylation sites (tertiary alicyclic amines) is 1. The summed E-state index contributed by atoms with van der Waals surface area (Å²) in [6, 6.07) is 0.725. The molecular formula is C14H28N2O. The fourth-order valence-electron chi connectivity index (χ4n) is 3.20. The van der Waals surface area contributed by atoms with E-state index in [-0.39, 0.29) is 0 Å². The minimum atomic E-state index is 0.506. The molecule has 0 spiro atoms. The normalized spacial score (nSPS) is 36.0. The number of nitrogens with zero attached hydrogens (tertiary/aromatic N) is 1. The van der Waals surface area contributed by atoms with Crippen LogP contribution in [0.25, 0.3) is 0 Å². The van der Waals surface area contributed by atoms with Crippen LogP contribution >= 0.6 is 0 Å². The van der Waals surface area contributed by atoms with E-state index in [0.29, 0.717) is 6.10 Å². The summed E-state index contributed by atoms with van der Waals surface area (Å²) in [5, 5.41) is 3.60. The van der Waals surface area contributed by atoms with Crippen molar-refractivity contribution in [1.82, 2.24) is 10.2 Å². The van der Waals surface area contributed by atoms with E-state index in [4.69, 9.17) is 4.74 Å². The molecule has 3 unspecified atom stereocenters. The van der Waals surface area contributed by atoms with Gasteiger partial charge in [0.15, 0.2) is 0 Å². The zero-order valence-electron chi connectivity index (χ0n) is 11.5. The summed E-state index contributed by atoms with van der Waals surface area (Å²) in [5.74, 6) is 0.771. The molecule has 0 saturated carbocycles. The van der Waals surface area contributed by atoms with E-state index in [1.165, 1.54) is 38.8 Å². The lowest BCUT2D eigenvalue weighted by Gasteiger charge is -2.39. The molecule has 1 N–H and O–H groups in total. The molecule has 2 aliphatic heterocycles. The second-order valence-electron chi connectivity index (χ2n) is 5.68. The molecule has 2 fully saturated rings. The van der Waals surface area contributed by atoms with Crippen molar-refractivity contribution in [3.8, 4) is 0 Å². The Morgan fingerprint density at radius 2 is 2.18 bits per heavy atom. The third-order valence-corrected chi connectivity index (χ3v) is 4.19. The van der Waals surface area contributed by atoms with Crippen molar-refractivity contribution in [2.45, 2.75) is 51.7 Å². The number of ether oxygens (including phenoxy) is 1. The van der Waals surface area contributed by atoms with Gasteiger partial charge in [0, 0.05) is 25.7 Å². The summed E-state index contributed by atoms with van der Waals surface area (Å²) < 4.78 is 5.83. The molecule has 0 aliphatic carbocycles. The van der Waals surface area contributed by atoms with Crippen molar-refractivity contribution >= 4 is 0 Å². The summed E-state index contributed by atoms with van der Waals surface area (Å²) in [6.07, 6.45) is 5.68. The summed E-state index contributed by atoms with van der Waals surface area (Å²) >= 11 is 0. The Balaban J connectivity index is 1.72. The van der Waals surface area contributed by atoms with Gasteiger partial charge >= 0.3 is 0 Å². The molecule has 17 heavy (non-hydrogen) atoms. The Labute approximate surface area is 106 Å². The minimum absolute atomic E-state index is 0.506. The molecule has 2 saturated heterocycles. The molecule has 2 heterocycles. The molecule has 3 nitrogen and oxygen atoms in total. The van der Waals surface area contributed by atoms with Crippen molar-refractivity contribution in [2.24, 2.45) is 5.92 Å². The molecule has 0 bridgehead atoms. The summed E-state index contributed by atoms with van der Waals surface area (Å²) in [6.45, 7) is 10.3. The molecule has 3 atom stereocenters. The maximum atomic E-state index is 5.83. The van der Waals surface area contributed by atoms with Crippen molar-refractivity contribution < 1.29 is 4.74 Å². The molecule has 100 valence electrons. The average molecular weight is 240 g/mol. The highest BCUT2D eigenvalue weighted by atomic mass is 16.5. The van der Waals surface area contributed by atoms with E-state index in [9.17, 15) is 0 Å². The zero-order valence-corrected chi connectivity index (χ0v) is 11.5. The van der Waals surface area contributed by atoms with Crippen LogP contribution < -0.4 is 5.32 Å². The highest BCUT2D eigenvalue weighted by Gasteiger charge is 2.27. The van der Waals surface area contributed by atoms with Crippen LogP contribution in [0.1, 0.15) is 39.5 Å². The first-order chi connectivity index (χ1) is 8.29. The van der Waals surface area contributed by atoms with Crippen LogP contribution in [0.5, 0.6) is 0 Å². The summed E-state index contributed by atoms with van der Waals surface area (Å²) in [7, 11) is 0. The first kappa shape index (κ1) is 13.3. The van der Waals surface area contributed by atoms with Crippen molar-refractivity contribution in [3.63, 3.8) is 0 Å². The van der Waals surface area contributed by atoms with Gasteiger partial charge in [-0.2, -0.15) is 0 Å². The molecule has 0 aromatic carbocycles. The van der Waals surface area contributed by atoms with Gasteiger partial charge in [0.1, 0.15) is 0 Å². The topological polar surface area (TPSA) is 24.5 Å². The van der Waals surface area contributed by atoms with Crippen molar-refractivity contribution in [2.75, 3.05) is 32.8 Å². The number of hydrogen-bond acceptors (Lipinski definition) is 3. The van der Waals surface area contributed by atoms with Crippen LogP contribution in [0.15, 0.2) is 0 Å². The largest absolute Gasteiger partial charge is 0.377 e. The maximum absolute atomic E-state index is 5.83. The van der Waals surface area contributed by atoms with Gasteiger partial charge in [-0.15, -0.1) is 0 Å². The number of rotatable bonds is 4. The van der Waals surface area contributed by atoms with Gasteiger partial charge in [-0.1, -0.05) is 13.8 Å². The maximum Gasteiger partial charge on any atom is 0.0702 e. The van der Waals surface area contributed by atoms with E-state index >= 15 is 0 Å². The zero-order chi connectivity index (χ0) is 12.1. The van der Waals surface area contributed by atoms with Gasteiger partial charge in [-0.05, 0) is 44.7 Å². The van der Waals surface area contributed by atoms with Gasteiger partial charge in [-0.3, -0.25) is 0 Å². The molecule has 0 aromatic rings. The van der Waals surface area contributed by atoms with Gasteiger partial charge < -0.3 is 15.0 Å². The lowest BCUT2D eigenvalue weighted by atomic mass is 9.93. The lowest BCUT2D eigenvalue weighted by Crippen LogP contribution is -2.50. The summed E-state index contributed by atoms with van der Waals surface area (Å²) in [5.41, 5.74) is 0. The SMILES string of the molecule is CCNC1CCN(CC2CCCCO2)CC1C. The van der Waals surface area contributed by atoms with Gasteiger partial charge in [0.05, 0.1) is 6.10 Å². The van der Waals surface area contributed by atoms with Gasteiger partial charge in [-0.25, -0.2) is 0 Å². The summed E-state index contributed by atoms with van der Waals surface area (Å²) in [4.78, 5) is 2.61. The Morgan fingerprint density at radius 3 is 2.82 bits per heavy atom. The van der Waals surface area contributed by atoms with Gasteiger partial charge in [0.2, 0.25) is 0 Å². The predicted octanol–water partition coefficient (Wildman–Crippen LogP) is 1.88. The fraction of sp³-hybridized carbons (Fsp3) is 1.00. The third kappa shape index (κ3) is 3.94. The second-order valence-corrected chi connectivity index (χ2v) is 5.68. The van der Waals surface area contributed by atoms with Crippen LogP contribution in [-0.4, -0.2) is 49.8 Å². The first-order valence-electron chi connectivity index (χ1n) is 7.37. The van der Waals surface area contributed by atoms with Crippen LogP contribution in [0.4, 0.5) is 0 Å². The highest BCUT2D eigenvalue weighted by Crippen LogP contribution is 2.20. The molecular weight excluding hydrogens is 212 g/mol. The third-order valence-electron chi connectivity index (χ3n) is 4.19. The fourth-order valence-corrected chi connectivity index (χ4v) is 3.20. The van der Waals surface area contributed by atoms with Crippen molar-refractivity contribution in [1.29, 1.82) is 0 Å². The standard InChI is InChI=1S/C14H28N2O/c1-3-15-14-7-8-16(10-12(14)2)11-13-6-4-5-9-17-13/h12-15H,3-11H2,1-2H3. The Morgan fingerprint density at radius 1 is 1.29 bits per heavy atom. The molecule has 3 heteroatoms. The molecule has 0 aromatic heterocycles. The molecule has 0 amide bonds. The van der Waals surface area contributed by atoms with E-state index in [1.54, 1.807) is 0 Å². The minimum Gasteiger partial charge on any atom is -0.377 e. The smallest absolute Gasteiger partial charge is 0.0702 e.